The molecule has 1 aromatic rings. The Balaban J connectivity index is 2.18. The van der Waals surface area contributed by atoms with Gasteiger partial charge in [0.25, 0.3) is 0 Å². The zero-order valence-corrected chi connectivity index (χ0v) is 14.8. The van der Waals surface area contributed by atoms with E-state index in [-0.39, 0.29) is 0 Å². The highest BCUT2D eigenvalue weighted by Gasteiger charge is 2.00. The van der Waals surface area contributed by atoms with Crippen LogP contribution in [0.25, 0.3) is 0 Å². The van der Waals surface area contributed by atoms with Gasteiger partial charge < -0.3 is 4.18 Å². The molecule has 0 unspecified atom stereocenters. The molecule has 21 heavy (non-hydrogen) atoms. The van der Waals surface area contributed by atoms with E-state index in [1.54, 1.807) is 7.11 Å². The number of rotatable bonds is 12. The molecule has 1 aromatic carbocycles. The lowest BCUT2D eigenvalue weighted by atomic mass is 10.0. The van der Waals surface area contributed by atoms with E-state index in [1.165, 1.54) is 68.3 Å². The summed E-state index contributed by atoms with van der Waals surface area (Å²) in [5, 5.41) is 0. The first-order valence-electron chi connectivity index (χ1n) is 8.26. The van der Waals surface area contributed by atoms with Crippen LogP contribution in [0.1, 0.15) is 56.6 Å². The minimum Gasteiger partial charge on any atom is -0.304 e. The molecule has 120 valence electrons. The van der Waals surface area contributed by atoms with Crippen molar-refractivity contribution in [2.75, 3.05) is 20.7 Å². The summed E-state index contributed by atoms with van der Waals surface area (Å²) in [5.74, 6) is 0. The van der Waals surface area contributed by atoms with Crippen LogP contribution in [-0.2, 0) is 17.0 Å². The molecule has 0 aliphatic carbocycles. The van der Waals surface area contributed by atoms with Crippen molar-refractivity contribution in [2.24, 2.45) is 0 Å². The van der Waals surface area contributed by atoms with E-state index in [4.69, 9.17) is 4.18 Å². The topological polar surface area (TPSA) is 12.5 Å². The fourth-order valence-electron chi connectivity index (χ4n) is 2.48. The Bertz CT molecular complexity index is 353. The fourth-order valence-corrected chi connectivity index (χ4v) is 2.93. The lowest BCUT2D eigenvalue weighted by Gasteiger charge is -2.12. The van der Waals surface area contributed by atoms with E-state index in [2.05, 4.69) is 42.5 Å². The number of benzene rings is 1. The summed E-state index contributed by atoms with van der Waals surface area (Å²) < 4.78 is 7.16. The van der Waals surface area contributed by atoms with Gasteiger partial charge in [-0.3, -0.25) is 0 Å². The minimum atomic E-state index is 1.05. The van der Waals surface area contributed by atoms with Crippen molar-refractivity contribution in [3.63, 3.8) is 0 Å². The predicted molar refractivity (Wildman–Crippen MR) is 94.5 cm³/mol. The van der Waals surface area contributed by atoms with Gasteiger partial charge in [-0.15, -0.1) is 0 Å². The highest BCUT2D eigenvalue weighted by atomic mass is 32.2. The zero-order chi connectivity index (χ0) is 15.3. The zero-order valence-electron chi connectivity index (χ0n) is 13.9. The predicted octanol–water partition coefficient (Wildman–Crippen LogP) is 5.27. The third-order valence-corrected chi connectivity index (χ3v) is 4.32. The maximum atomic E-state index is 5.03. The Kier molecular flexibility index (Phi) is 10.7. The molecule has 2 nitrogen and oxygen atoms in total. The lowest BCUT2D eigenvalue weighted by molar-refractivity contribution is 0.431. The SMILES string of the molecule is CCCCCCCc1ccc(CCCN(C)SOC)cc1. The van der Waals surface area contributed by atoms with Crippen LogP contribution >= 0.6 is 12.2 Å². The van der Waals surface area contributed by atoms with Crippen LogP contribution in [0.15, 0.2) is 24.3 Å². The molecule has 0 fully saturated rings. The second-order valence-corrected chi connectivity index (χ2v) is 6.78. The third kappa shape index (κ3) is 9.18. The van der Waals surface area contributed by atoms with Crippen molar-refractivity contribution in [1.82, 2.24) is 4.31 Å². The average Bonchev–Trinajstić information content (AvgIpc) is 2.49. The molecule has 0 spiro atoms. The molecule has 0 heterocycles. The van der Waals surface area contributed by atoms with Crippen molar-refractivity contribution in [2.45, 2.75) is 58.3 Å². The van der Waals surface area contributed by atoms with Crippen LogP contribution in [0, 0.1) is 0 Å². The van der Waals surface area contributed by atoms with Gasteiger partial charge in [0.2, 0.25) is 0 Å². The molecule has 0 saturated carbocycles. The molecule has 0 saturated heterocycles. The molecule has 0 aliphatic heterocycles. The van der Waals surface area contributed by atoms with Gasteiger partial charge in [0.05, 0.1) is 19.3 Å². The molecule has 0 aliphatic rings. The average molecular weight is 310 g/mol. The Morgan fingerprint density at radius 2 is 1.48 bits per heavy atom. The first-order chi connectivity index (χ1) is 10.3. The molecule has 0 atom stereocenters. The van der Waals surface area contributed by atoms with E-state index >= 15 is 0 Å². The summed E-state index contributed by atoms with van der Waals surface area (Å²) in [4.78, 5) is 0. The number of hydrogen-bond donors (Lipinski definition) is 0. The lowest BCUT2D eigenvalue weighted by Crippen LogP contribution is -2.11. The monoisotopic (exact) mass is 309 g/mol. The Morgan fingerprint density at radius 1 is 0.905 bits per heavy atom. The molecule has 0 bridgehead atoms. The standard InChI is InChI=1S/C18H31NOS/c1-4-5-6-7-8-10-17-12-14-18(15-13-17)11-9-16-19(2)21-20-3/h12-15H,4-11,16H2,1-3H3. The van der Waals surface area contributed by atoms with Crippen LogP contribution in [0.4, 0.5) is 0 Å². The minimum absolute atomic E-state index is 1.05. The van der Waals surface area contributed by atoms with E-state index < -0.39 is 0 Å². The van der Waals surface area contributed by atoms with E-state index in [0.717, 1.165) is 13.0 Å². The van der Waals surface area contributed by atoms with Crippen molar-refractivity contribution in [3.8, 4) is 0 Å². The van der Waals surface area contributed by atoms with Crippen molar-refractivity contribution in [1.29, 1.82) is 0 Å². The van der Waals surface area contributed by atoms with Crippen molar-refractivity contribution >= 4 is 12.2 Å². The quantitative estimate of drug-likeness (QED) is 0.296. The maximum absolute atomic E-state index is 5.03. The van der Waals surface area contributed by atoms with Gasteiger partial charge in [-0.25, -0.2) is 4.31 Å². The highest BCUT2D eigenvalue weighted by Crippen LogP contribution is 2.13. The molecule has 3 heteroatoms. The molecule has 0 radical (unpaired) electrons. The summed E-state index contributed by atoms with van der Waals surface area (Å²) in [6, 6.07) is 9.21. The Hall–Kier alpha value is -0.510. The molecule has 0 amide bonds. The molecule has 0 aromatic heterocycles. The van der Waals surface area contributed by atoms with Crippen LogP contribution < -0.4 is 0 Å². The number of nitrogens with zero attached hydrogens (tertiary/aromatic N) is 1. The number of hydrogen-bond acceptors (Lipinski definition) is 3. The Labute approximate surface area is 135 Å². The van der Waals surface area contributed by atoms with Gasteiger partial charge in [0.1, 0.15) is 0 Å². The van der Waals surface area contributed by atoms with Gasteiger partial charge in [-0.05, 0) is 43.9 Å². The van der Waals surface area contributed by atoms with Gasteiger partial charge in [0.15, 0.2) is 0 Å². The smallest absolute Gasteiger partial charge is 0.0813 e. The molecule has 0 N–H and O–H groups in total. The summed E-state index contributed by atoms with van der Waals surface area (Å²) in [6.07, 6.45) is 10.4. The van der Waals surface area contributed by atoms with E-state index in [1.807, 2.05) is 0 Å². The molecular formula is C18H31NOS. The van der Waals surface area contributed by atoms with Crippen LogP contribution in [0.2, 0.25) is 0 Å². The molecule has 1 rings (SSSR count). The first-order valence-corrected chi connectivity index (χ1v) is 8.95. The van der Waals surface area contributed by atoms with Crippen LogP contribution in [0.3, 0.4) is 0 Å². The summed E-state index contributed by atoms with van der Waals surface area (Å²) >= 11 is 1.42. The largest absolute Gasteiger partial charge is 0.304 e. The van der Waals surface area contributed by atoms with Crippen LogP contribution in [0.5, 0.6) is 0 Å². The fraction of sp³-hybridized carbons (Fsp3) is 0.667. The summed E-state index contributed by atoms with van der Waals surface area (Å²) in [7, 11) is 3.78. The number of unbranched alkanes of at least 4 members (excludes halogenated alkanes) is 4. The van der Waals surface area contributed by atoms with Crippen molar-refractivity contribution < 1.29 is 4.18 Å². The van der Waals surface area contributed by atoms with Gasteiger partial charge >= 0.3 is 0 Å². The maximum Gasteiger partial charge on any atom is 0.0813 e. The highest BCUT2D eigenvalue weighted by molar-refractivity contribution is 7.92. The molecular weight excluding hydrogens is 278 g/mol. The van der Waals surface area contributed by atoms with Gasteiger partial charge in [0, 0.05) is 6.54 Å². The Morgan fingerprint density at radius 3 is 2.05 bits per heavy atom. The second kappa shape index (κ2) is 12.1. The third-order valence-electron chi connectivity index (χ3n) is 3.73. The van der Waals surface area contributed by atoms with E-state index in [0.29, 0.717) is 0 Å². The van der Waals surface area contributed by atoms with Crippen molar-refractivity contribution in [3.05, 3.63) is 35.4 Å². The normalized spacial score (nSPS) is 11.2. The summed E-state index contributed by atoms with van der Waals surface area (Å²) in [5.41, 5.74) is 2.93. The first kappa shape index (κ1) is 18.5. The van der Waals surface area contributed by atoms with Crippen LogP contribution in [-0.4, -0.2) is 25.0 Å². The summed E-state index contributed by atoms with van der Waals surface area (Å²) in [6.45, 7) is 3.32. The van der Waals surface area contributed by atoms with Gasteiger partial charge in [-0.1, -0.05) is 56.9 Å². The van der Waals surface area contributed by atoms with Gasteiger partial charge in [-0.2, -0.15) is 0 Å². The van der Waals surface area contributed by atoms with E-state index in [9.17, 15) is 0 Å². The second-order valence-electron chi connectivity index (χ2n) is 5.68. The number of aryl methyl sites for hydroxylation is 2.